The summed E-state index contributed by atoms with van der Waals surface area (Å²) in [5.74, 6) is 1.91. The van der Waals surface area contributed by atoms with Crippen molar-refractivity contribution in [3.05, 3.63) is 54.1 Å². The fraction of sp³-hybridized carbons (Fsp3) is 0.143. The van der Waals surface area contributed by atoms with E-state index in [2.05, 4.69) is 24.0 Å². The number of rotatable bonds is 1. The van der Waals surface area contributed by atoms with Crippen LogP contribution in [-0.4, -0.2) is 14.5 Å². The first-order valence-electron chi connectivity index (χ1n) is 5.62. The van der Waals surface area contributed by atoms with Gasteiger partial charge in [0, 0.05) is 17.8 Å². The van der Waals surface area contributed by atoms with Gasteiger partial charge in [-0.25, -0.2) is 9.97 Å². The smallest absolute Gasteiger partial charge is 0.141 e. The molecular weight excluding hydrogens is 210 g/mol. The summed E-state index contributed by atoms with van der Waals surface area (Å²) in [7, 11) is 0. The van der Waals surface area contributed by atoms with Crippen LogP contribution in [0, 0.1) is 13.8 Å². The van der Waals surface area contributed by atoms with Gasteiger partial charge in [-0.1, -0.05) is 18.2 Å². The topological polar surface area (TPSA) is 30.7 Å². The molecule has 1 aromatic carbocycles. The average Bonchev–Trinajstić information content (AvgIpc) is 2.74. The monoisotopic (exact) mass is 223 g/mol. The van der Waals surface area contributed by atoms with Gasteiger partial charge in [-0.3, -0.25) is 4.57 Å². The van der Waals surface area contributed by atoms with Crippen molar-refractivity contribution < 1.29 is 0 Å². The standard InChI is InChI=1S/C14H13N3/c1-10-9-12-5-3-4-6-13(12)16-14(10)17-8-7-15-11(17)2/h3-9H,1-2H3. The number of nitrogens with zero attached hydrogens (tertiary/aromatic N) is 3. The summed E-state index contributed by atoms with van der Waals surface area (Å²) in [5, 5.41) is 1.17. The summed E-state index contributed by atoms with van der Waals surface area (Å²) >= 11 is 0. The third-order valence-corrected chi connectivity index (χ3v) is 2.94. The van der Waals surface area contributed by atoms with Crippen molar-refractivity contribution in [2.75, 3.05) is 0 Å². The largest absolute Gasteiger partial charge is 0.288 e. The fourth-order valence-electron chi connectivity index (χ4n) is 2.06. The third kappa shape index (κ3) is 1.60. The molecule has 2 heterocycles. The second-order valence-electron chi connectivity index (χ2n) is 4.17. The van der Waals surface area contributed by atoms with Gasteiger partial charge in [-0.05, 0) is 31.5 Å². The molecule has 84 valence electrons. The Hall–Kier alpha value is -2.16. The van der Waals surface area contributed by atoms with Crippen molar-refractivity contribution in [3.8, 4) is 5.82 Å². The van der Waals surface area contributed by atoms with Gasteiger partial charge in [0.05, 0.1) is 5.52 Å². The molecule has 3 nitrogen and oxygen atoms in total. The highest BCUT2D eigenvalue weighted by molar-refractivity contribution is 5.80. The van der Waals surface area contributed by atoms with Crippen LogP contribution in [0.2, 0.25) is 0 Å². The van der Waals surface area contributed by atoms with E-state index in [0.717, 1.165) is 22.7 Å². The zero-order valence-corrected chi connectivity index (χ0v) is 9.88. The number of fused-ring (bicyclic) bond motifs is 1. The second kappa shape index (κ2) is 3.70. The average molecular weight is 223 g/mol. The molecule has 0 bridgehead atoms. The molecule has 3 aromatic rings. The second-order valence-corrected chi connectivity index (χ2v) is 4.17. The lowest BCUT2D eigenvalue weighted by Gasteiger charge is -2.09. The summed E-state index contributed by atoms with van der Waals surface area (Å²) in [5.41, 5.74) is 2.17. The lowest BCUT2D eigenvalue weighted by molar-refractivity contribution is 0.929. The van der Waals surface area contributed by atoms with Crippen molar-refractivity contribution in [1.29, 1.82) is 0 Å². The van der Waals surface area contributed by atoms with Crippen molar-refractivity contribution in [2.45, 2.75) is 13.8 Å². The van der Waals surface area contributed by atoms with Crippen molar-refractivity contribution in [3.63, 3.8) is 0 Å². The minimum atomic E-state index is 0.955. The van der Waals surface area contributed by atoms with Gasteiger partial charge in [-0.2, -0.15) is 0 Å². The summed E-state index contributed by atoms with van der Waals surface area (Å²) < 4.78 is 2.02. The van der Waals surface area contributed by atoms with Crippen molar-refractivity contribution in [1.82, 2.24) is 14.5 Å². The van der Waals surface area contributed by atoms with Gasteiger partial charge in [0.1, 0.15) is 11.6 Å². The normalized spacial score (nSPS) is 10.9. The number of pyridine rings is 1. The molecular formula is C14H13N3. The van der Waals surface area contributed by atoms with Crippen LogP contribution >= 0.6 is 0 Å². The number of aryl methyl sites for hydroxylation is 2. The van der Waals surface area contributed by atoms with E-state index in [9.17, 15) is 0 Å². The minimum Gasteiger partial charge on any atom is -0.288 e. The minimum absolute atomic E-state index is 0.955. The van der Waals surface area contributed by atoms with Gasteiger partial charge in [0.15, 0.2) is 0 Å². The zero-order chi connectivity index (χ0) is 11.8. The zero-order valence-electron chi connectivity index (χ0n) is 9.88. The van der Waals surface area contributed by atoms with Crippen LogP contribution in [0.5, 0.6) is 0 Å². The fourth-order valence-corrected chi connectivity index (χ4v) is 2.06. The molecule has 0 saturated heterocycles. The maximum atomic E-state index is 4.70. The van der Waals surface area contributed by atoms with E-state index >= 15 is 0 Å². The summed E-state index contributed by atoms with van der Waals surface area (Å²) in [4.78, 5) is 8.94. The molecule has 0 spiro atoms. The van der Waals surface area contributed by atoms with E-state index in [1.54, 1.807) is 6.20 Å². The molecule has 0 fully saturated rings. The van der Waals surface area contributed by atoms with Crippen LogP contribution in [0.15, 0.2) is 42.7 Å². The van der Waals surface area contributed by atoms with E-state index in [-0.39, 0.29) is 0 Å². The van der Waals surface area contributed by atoms with Gasteiger partial charge in [0.25, 0.3) is 0 Å². The Bertz CT molecular complexity index is 683. The molecule has 17 heavy (non-hydrogen) atoms. The Labute approximate surface area is 99.8 Å². The van der Waals surface area contributed by atoms with Crippen LogP contribution in [0.1, 0.15) is 11.4 Å². The SMILES string of the molecule is Cc1cc2ccccc2nc1-n1ccnc1C. The molecule has 0 atom stereocenters. The van der Waals surface area contributed by atoms with E-state index in [1.165, 1.54) is 5.39 Å². The summed E-state index contributed by atoms with van der Waals surface area (Å²) in [6.07, 6.45) is 3.74. The van der Waals surface area contributed by atoms with Gasteiger partial charge in [-0.15, -0.1) is 0 Å². The quantitative estimate of drug-likeness (QED) is 0.634. The summed E-state index contributed by atoms with van der Waals surface area (Å²) in [6, 6.07) is 10.3. The molecule has 0 unspecified atom stereocenters. The molecule has 0 aliphatic rings. The maximum Gasteiger partial charge on any atom is 0.141 e. The number of para-hydroxylation sites is 1. The highest BCUT2D eigenvalue weighted by Crippen LogP contribution is 2.19. The van der Waals surface area contributed by atoms with Gasteiger partial charge >= 0.3 is 0 Å². The molecule has 0 N–H and O–H groups in total. The van der Waals surface area contributed by atoms with Crippen LogP contribution in [0.4, 0.5) is 0 Å². The first kappa shape index (κ1) is 10.0. The highest BCUT2D eigenvalue weighted by atomic mass is 15.1. The Morgan fingerprint density at radius 2 is 1.94 bits per heavy atom. The molecule has 0 radical (unpaired) electrons. The van der Waals surface area contributed by atoms with Crippen molar-refractivity contribution in [2.24, 2.45) is 0 Å². The molecule has 0 aliphatic heterocycles. The molecule has 3 rings (SSSR count). The highest BCUT2D eigenvalue weighted by Gasteiger charge is 2.07. The lowest BCUT2D eigenvalue weighted by Crippen LogP contribution is -2.01. The van der Waals surface area contributed by atoms with E-state index < -0.39 is 0 Å². The Morgan fingerprint density at radius 1 is 1.12 bits per heavy atom. The van der Waals surface area contributed by atoms with Crippen LogP contribution in [-0.2, 0) is 0 Å². The molecule has 0 saturated carbocycles. The first-order chi connectivity index (χ1) is 8.25. The lowest BCUT2D eigenvalue weighted by atomic mass is 10.1. The van der Waals surface area contributed by atoms with Gasteiger partial charge < -0.3 is 0 Å². The Kier molecular flexibility index (Phi) is 2.18. The van der Waals surface area contributed by atoms with E-state index in [4.69, 9.17) is 4.98 Å². The Balaban J connectivity index is 2.30. The first-order valence-corrected chi connectivity index (χ1v) is 5.62. The van der Waals surface area contributed by atoms with Crippen molar-refractivity contribution >= 4 is 10.9 Å². The number of aromatic nitrogens is 3. The predicted octanol–water partition coefficient (Wildman–Crippen LogP) is 3.04. The summed E-state index contributed by atoms with van der Waals surface area (Å²) in [6.45, 7) is 4.06. The van der Waals surface area contributed by atoms with Crippen LogP contribution < -0.4 is 0 Å². The van der Waals surface area contributed by atoms with Crippen LogP contribution in [0.3, 0.4) is 0 Å². The molecule has 0 aliphatic carbocycles. The third-order valence-electron chi connectivity index (χ3n) is 2.94. The number of benzene rings is 1. The van der Waals surface area contributed by atoms with E-state index in [0.29, 0.717) is 0 Å². The Morgan fingerprint density at radius 3 is 2.71 bits per heavy atom. The maximum absolute atomic E-state index is 4.70. The van der Waals surface area contributed by atoms with Crippen LogP contribution in [0.25, 0.3) is 16.7 Å². The molecule has 0 amide bonds. The predicted molar refractivity (Wildman–Crippen MR) is 68.3 cm³/mol. The number of hydrogen-bond donors (Lipinski definition) is 0. The molecule has 3 heteroatoms. The van der Waals surface area contributed by atoms with Gasteiger partial charge in [0.2, 0.25) is 0 Å². The molecule has 2 aromatic heterocycles. The van der Waals surface area contributed by atoms with E-state index in [1.807, 2.05) is 35.9 Å². The number of hydrogen-bond acceptors (Lipinski definition) is 2. The number of imidazole rings is 1.